The van der Waals surface area contributed by atoms with Gasteiger partial charge in [-0.25, -0.2) is 0 Å². The Morgan fingerprint density at radius 2 is 2.09 bits per heavy atom. The Morgan fingerprint density at radius 3 is 2.45 bits per heavy atom. The standard InChI is InChI=1S/C10H18O/c1-7(2)10-8(3)5-4-6-9(10)11/h7-8,10H,4-6H2,1-3H3/t8-,10-/m0/s1. The summed E-state index contributed by atoms with van der Waals surface area (Å²) in [5, 5.41) is 0. The minimum Gasteiger partial charge on any atom is -0.299 e. The molecule has 0 saturated heterocycles. The Balaban J connectivity index is 2.63. The molecule has 0 bridgehead atoms. The lowest BCUT2D eigenvalue weighted by atomic mass is 9.74. The van der Waals surface area contributed by atoms with Crippen molar-refractivity contribution in [1.29, 1.82) is 0 Å². The van der Waals surface area contributed by atoms with Crippen LogP contribution in [0.5, 0.6) is 0 Å². The molecule has 1 fully saturated rings. The number of rotatable bonds is 1. The van der Waals surface area contributed by atoms with Crippen molar-refractivity contribution < 1.29 is 4.79 Å². The molecule has 0 aromatic rings. The highest BCUT2D eigenvalue weighted by Gasteiger charge is 2.30. The first-order chi connectivity index (χ1) is 5.13. The van der Waals surface area contributed by atoms with Crippen LogP contribution in [0.25, 0.3) is 0 Å². The van der Waals surface area contributed by atoms with Crippen LogP contribution in [0.3, 0.4) is 0 Å². The van der Waals surface area contributed by atoms with Crippen LogP contribution >= 0.6 is 0 Å². The topological polar surface area (TPSA) is 17.1 Å². The fourth-order valence-electron chi connectivity index (χ4n) is 2.29. The molecular weight excluding hydrogens is 136 g/mol. The Hall–Kier alpha value is -0.330. The first-order valence-electron chi connectivity index (χ1n) is 4.65. The number of carbonyl (C=O) groups excluding carboxylic acids is 1. The van der Waals surface area contributed by atoms with E-state index in [0.29, 0.717) is 23.5 Å². The van der Waals surface area contributed by atoms with Gasteiger partial charge in [-0.05, 0) is 24.7 Å². The zero-order chi connectivity index (χ0) is 8.43. The lowest BCUT2D eigenvalue weighted by Crippen LogP contribution is -2.30. The largest absolute Gasteiger partial charge is 0.299 e. The third-order valence-electron chi connectivity index (χ3n) is 2.79. The molecule has 0 aliphatic heterocycles. The molecule has 11 heavy (non-hydrogen) atoms. The van der Waals surface area contributed by atoms with E-state index in [1.54, 1.807) is 0 Å². The van der Waals surface area contributed by atoms with Gasteiger partial charge in [0.05, 0.1) is 0 Å². The van der Waals surface area contributed by atoms with Crippen molar-refractivity contribution in [1.82, 2.24) is 0 Å². The lowest BCUT2D eigenvalue weighted by Gasteiger charge is -2.30. The van der Waals surface area contributed by atoms with Crippen molar-refractivity contribution in [2.75, 3.05) is 0 Å². The number of hydrogen-bond donors (Lipinski definition) is 0. The molecule has 1 aliphatic rings. The molecule has 1 nitrogen and oxygen atoms in total. The minimum absolute atomic E-state index is 0.351. The van der Waals surface area contributed by atoms with E-state index in [4.69, 9.17) is 0 Å². The highest BCUT2D eigenvalue weighted by Crippen LogP contribution is 2.31. The van der Waals surface area contributed by atoms with Gasteiger partial charge in [-0.2, -0.15) is 0 Å². The van der Waals surface area contributed by atoms with Crippen molar-refractivity contribution in [3.63, 3.8) is 0 Å². The maximum Gasteiger partial charge on any atom is 0.136 e. The normalized spacial score (nSPS) is 32.9. The minimum atomic E-state index is 0.351. The Kier molecular flexibility index (Phi) is 2.69. The van der Waals surface area contributed by atoms with Crippen molar-refractivity contribution in [3.05, 3.63) is 0 Å². The smallest absolute Gasteiger partial charge is 0.136 e. The van der Waals surface area contributed by atoms with Crippen LogP contribution in [0.4, 0.5) is 0 Å². The van der Waals surface area contributed by atoms with Crippen LogP contribution in [-0.2, 0) is 4.79 Å². The molecule has 0 heterocycles. The third-order valence-corrected chi connectivity index (χ3v) is 2.79. The van der Waals surface area contributed by atoms with Gasteiger partial charge in [-0.15, -0.1) is 0 Å². The second-order valence-electron chi connectivity index (χ2n) is 4.11. The predicted octanol–water partition coefficient (Wildman–Crippen LogP) is 2.65. The van der Waals surface area contributed by atoms with Crippen molar-refractivity contribution in [2.45, 2.75) is 40.0 Å². The summed E-state index contributed by atoms with van der Waals surface area (Å²) >= 11 is 0. The third kappa shape index (κ3) is 1.82. The monoisotopic (exact) mass is 154 g/mol. The molecule has 64 valence electrons. The van der Waals surface area contributed by atoms with E-state index in [0.717, 1.165) is 12.8 Å². The average molecular weight is 154 g/mol. The maximum atomic E-state index is 11.4. The van der Waals surface area contributed by atoms with Gasteiger partial charge >= 0.3 is 0 Å². The van der Waals surface area contributed by atoms with Gasteiger partial charge in [-0.1, -0.05) is 20.8 Å². The van der Waals surface area contributed by atoms with Crippen LogP contribution in [0.1, 0.15) is 40.0 Å². The van der Waals surface area contributed by atoms with Gasteiger partial charge in [0.1, 0.15) is 5.78 Å². The van der Waals surface area contributed by atoms with Crippen LogP contribution in [-0.4, -0.2) is 5.78 Å². The van der Waals surface area contributed by atoms with E-state index < -0.39 is 0 Å². The highest BCUT2D eigenvalue weighted by molar-refractivity contribution is 5.82. The number of hydrogen-bond acceptors (Lipinski definition) is 1. The van der Waals surface area contributed by atoms with Crippen molar-refractivity contribution in [2.24, 2.45) is 17.8 Å². The van der Waals surface area contributed by atoms with Gasteiger partial charge in [0.15, 0.2) is 0 Å². The molecule has 1 heteroatoms. The molecule has 0 aromatic carbocycles. The van der Waals surface area contributed by atoms with E-state index in [1.165, 1.54) is 6.42 Å². The van der Waals surface area contributed by atoms with Gasteiger partial charge in [0, 0.05) is 12.3 Å². The fraction of sp³-hybridized carbons (Fsp3) is 0.900. The lowest BCUT2D eigenvalue weighted by molar-refractivity contribution is -0.128. The summed E-state index contributed by atoms with van der Waals surface area (Å²) in [7, 11) is 0. The van der Waals surface area contributed by atoms with Crippen LogP contribution in [0, 0.1) is 17.8 Å². The van der Waals surface area contributed by atoms with E-state index in [-0.39, 0.29) is 0 Å². The SMILES string of the molecule is CC(C)[C@@H]1C(=O)CCC[C@@H]1C. The molecule has 0 spiro atoms. The van der Waals surface area contributed by atoms with Crippen LogP contribution in [0.15, 0.2) is 0 Å². The van der Waals surface area contributed by atoms with E-state index in [1.807, 2.05) is 0 Å². The highest BCUT2D eigenvalue weighted by atomic mass is 16.1. The van der Waals surface area contributed by atoms with E-state index >= 15 is 0 Å². The van der Waals surface area contributed by atoms with E-state index in [9.17, 15) is 4.79 Å². The molecule has 1 rings (SSSR count). The van der Waals surface area contributed by atoms with Crippen LogP contribution < -0.4 is 0 Å². The zero-order valence-corrected chi connectivity index (χ0v) is 7.76. The number of ketones is 1. The maximum absolute atomic E-state index is 11.4. The van der Waals surface area contributed by atoms with Gasteiger partial charge in [0.25, 0.3) is 0 Å². The number of carbonyl (C=O) groups is 1. The molecule has 1 saturated carbocycles. The Bertz CT molecular complexity index is 149. The molecule has 1 aliphatic carbocycles. The fourth-order valence-corrected chi connectivity index (χ4v) is 2.29. The number of Topliss-reactive ketones (excluding diaryl/α,β-unsaturated/α-hetero) is 1. The molecular formula is C10H18O. The van der Waals surface area contributed by atoms with Gasteiger partial charge in [-0.3, -0.25) is 4.79 Å². The Labute approximate surface area is 69.2 Å². The summed E-state index contributed by atoms with van der Waals surface area (Å²) in [6.45, 7) is 6.52. The van der Waals surface area contributed by atoms with E-state index in [2.05, 4.69) is 20.8 Å². The second-order valence-corrected chi connectivity index (χ2v) is 4.11. The summed E-state index contributed by atoms with van der Waals surface area (Å²) in [5.41, 5.74) is 0. The first-order valence-corrected chi connectivity index (χ1v) is 4.65. The van der Waals surface area contributed by atoms with Crippen LogP contribution in [0.2, 0.25) is 0 Å². The van der Waals surface area contributed by atoms with Crippen molar-refractivity contribution >= 4 is 5.78 Å². The summed E-state index contributed by atoms with van der Waals surface area (Å²) in [6, 6.07) is 0. The average Bonchev–Trinajstić information content (AvgIpc) is 1.85. The molecule has 2 atom stereocenters. The summed E-state index contributed by atoms with van der Waals surface area (Å²) < 4.78 is 0. The first kappa shape index (κ1) is 8.76. The molecule has 0 N–H and O–H groups in total. The molecule has 0 unspecified atom stereocenters. The molecule has 0 aromatic heterocycles. The van der Waals surface area contributed by atoms with Gasteiger partial charge in [0.2, 0.25) is 0 Å². The van der Waals surface area contributed by atoms with Gasteiger partial charge < -0.3 is 0 Å². The molecule has 0 amide bonds. The summed E-state index contributed by atoms with van der Waals surface area (Å²) in [6.07, 6.45) is 3.19. The summed E-state index contributed by atoms with van der Waals surface area (Å²) in [5.74, 6) is 2.01. The molecule has 0 radical (unpaired) electrons. The Morgan fingerprint density at radius 1 is 1.45 bits per heavy atom. The summed E-state index contributed by atoms with van der Waals surface area (Å²) in [4.78, 5) is 11.4. The zero-order valence-electron chi connectivity index (χ0n) is 7.76. The quantitative estimate of drug-likeness (QED) is 0.567. The second kappa shape index (κ2) is 3.38. The predicted molar refractivity (Wildman–Crippen MR) is 46.4 cm³/mol. The van der Waals surface area contributed by atoms with Crippen molar-refractivity contribution in [3.8, 4) is 0 Å².